The summed E-state index contributed by atoms with van der Waals surface area (Å²) in [4.78, 5) is 22.5. The van der Waals surface area contributed by atoms with Crippen molar-refractivity contribution >= 4 is 32.9 Å². The highest BCUT2D eigenvalue weighted by Crippen LogP contribution is 2.36. The molecule has 7 nitrogen and oxygen atoms in total. The molecule has 1 amide bonds. The van der Waals surface area contributed by atoms with Crippen LogP contribution in [0, 0.1) is 6.92 Å². The smallest absolute Gasteiger partial charge is 0.349 e. The molecule has 3 N–H and O–H groups in total. The number of aromatic nitrogens is 2. The van der Waals surface area contributed by atoms with Gasteiger partial charge in [0.15, 0.2) is 11.1 Å². The summed E-state index contributed by atoms with van der Waals surface area (Å²) in [5.41, 5.74) is 1.40. The lowest BCUT2D eigenvalue weighted by molar-refractivity contribution is -0.136. The third kappa shape index (κ3) is 6.59. The summed E-state index contributed by atoms with van der Waals surface area (Å²) in [7, 11) is 2.02. The van der Waals surface area contributed by atoms with Crippen LogP contribution in [0.15, 0.2) is 48.0 Å². The highest BCUT2D eigenvalue weighted by Gasteiger charge is 2.35. The summed E-state index contributed by atoms with van der Waals surface area (Å²) in [6.07, 6.45) is -3.01. The second-order valence-corrected chi connectivity index (χ2v) is 11.3. The average Bonchev–Trinajstić information content (AvgIpc) is 3.27. The number of aryl methyl sites for hydroxylation is 1. The van der Waals surface area contributed by atoms with Crippen LogP contribution < -0.4 is 5.32 Å². The van der Waals surface area contributed by atoms with Crippen molar-refractivity contribution in [2.45, 2.75) is 70.8 Å². The molecule has 1 aromatic heterocycles. The average molecular weight is 563 g/mol. The lowest BCUT2D eigenvalue weighted by Crippen LogP contribution is -2.46. The highest BCUT2D eigenvalue weighted by molar-refractivity contribution is 7.89. The van der Waals surface area contributed by atoms with Crippen LogP contribution >= 0.6 is 0 Å². The molecule has 39 heavy (non-hydrogen) atoms. The molecule has 4 rings (SSSR count). The Labute approximate surface area is 228 Å². The number of carbonyl (C=O) groups is 1. The summed E-state index contributed by atoms with van der Waals surface area (Å²) >= 11 is -2.31. The third-order valence-corrected chi connectivity index (χ3v) is 8.21. The first-order chi connectivity index (χ1) is 18.3. The van der Waals surface area contributed by atoms with Gasteiger partial charge >= 0.3 is 6.18 Å². The van der Waals surface area contributed by atoms with Crippen LogP contribution in [0.2, 0.25) is 0 Å². The van der Waals surface area contributed by atoms with E-state index in [-0.39, 0.29) is 40.3 Å². The number of aromatic amines is 1. The molecular weight excluding hydrogens is 529 g/mol. The van der Waals surface area contributed by atoms with Gasteiger partial charge in [-0.3, -0.25) is 4.79 Å². The molecular formula is C28H33F3N4O3S. The Morgan fingerprint density at radius 2 is 1.90 bits per heavy atom. The van der Waals surface area contributed by atoms with Crippen LogP contribution in [0.4, 0.5) is 13.2 Å². The van der Waals surface area contributed by atoms with E-state index in [0.717, 1.165) is 18.1 Å². The zero-order chi connectivity index (χ0) is 28.5. The van der Waals surface area contributed by atoms with Gasteiger partial charge in [-0.25, -0.2) is 9.19 Å². The molecule has 3 atom stereocenters. The fraction of sp³-hybridized carbons (Fsp3) is 0.429. The SMILES string of the molecule is Cc1ccc(C(=C2CC(N(C)C(C)C)CCC2NC(=O)Cc2nc3c(C(F)(F)F)cccc3[nH]2)S(=O)O)cc1. The molecule has 0 spiro atoms. The van der Waals surface area contributed by atoms with Crippen LogP contribution in [0.3, 0.4) is 0 Å². The van der Waals surface area contributed by atoms with Crippen molar-refractivity contribution in [2.75, 3.05) is 7.05 Å². The van der Waals surface area contributed by atoms with E-state index in [9.17, 15) is 26.7 Å². The second-order valence-electron chi connectivity index (χ2n) is 10.3. The number of alkyl halides is 3. The summed E-state index contributed by atoms with van der Waals surface area (Å²) in [6, 6.07) is 10.9. The van der Waals surface area contributed by atoms with Crippen LogP contribution in [0.1, 0.15) is 55.6 Å². The van der Waals surface area contributed by atoms with E-state index in [1.54, 1.807) is 12.1 Å². The fourth-order valence-electron chi connectivity index (χ4n) is 5.11. The lowest BCUT2D eigenvalue weighted by atomic mass is 9.84. The maximum Gasteiger partial charge on any atom is 0.418 e. The minimum atomic E-state index is -4.57. The van der Waals surface area contributed by atoms with E-state index in [4.69, 9.17) is 0 Å². The number of benzene rings is 2. The standard InChI is InChI=1S/C28H33F3N4O3S/c1-16(2)35(4)19-12-13-22(20(14-19)27(39(37)38)18-10-8-17(3)9-11-18)33-25(36)15-24-32-23-7-5-6-21(26(23)34-24)28(29,30)31/h5-11,16,19,22H,12-15H2,1-4H3,(H,32,34)(H,33,36)(H,37,38). The van der Waals surface area contributed by atoms with Gasteiger partial charge in [0.1, 0.15) is 11.3 Å². The molecule has 210 valence electrons. The summed E-state index contributed by atoms with van der Waals surface area (Å²) in [6.45, 7) is 6.10. The van der Waals surface area contributed by atoms with Gasteiger partial charge in [0, 0.05) is 12.1 Å². The second kappa shape index (κ2) is 11.6. The molecule has 0 radical (unpaired) electrons. The van der Waals surface area contributed by atoms with Crippen LogP contribution in [0.5, 0.6) is 0 Å². The third-order valence-electron chi connectivity index (χ3n) is 7.37. The molecule has 1 aliphatic carbocycles. The molecule has 11 heteroatoms. The molecule has 1 heterocycles. The van der Waals surface area contributed by atoms with Crippen molar-refractivity contribution in [2.24, 2.45) is 0 Å². The molecule has 0 bridgehead atoms. The van der Waals surface area contributed by atoms with Gasteiger partial charge < -0.3 is 19.8 Å². The van der Waals surface area contributed by atoms with Gasteiger partial charge in [0.05, 0.1) is 28.4 Å². The van der Waals surface area contributed by atoms with E-state index in [0.29, 0.717) is 24.0 Å². The Bertz CT molecular complexity index is 1400. The Kier molecular flexibility index (Phi) is 8.63. The molecule has 2 aromatic carbocycles. The number of carbonyl (C=O) groups excluding carboxylic acids is 1. The van der Waals surface area contributed by atoms with Gasteiger partial charge in [-0.05, 0) is 70.4 Å². The summed E-state index contributed by atoms with van der Waals surface area (Å²) in [5, 5.41) is 2.97. The maximum atomic E-state index is 13.4. The first-order valence-corrected chi connectivity index (χ1v) is 13.9. The van der Waals surface area contributed by atoms with Gasteiger partial charge in [0.25, 0.3) is 0 Å². The maximum absolute atomic E-state index is 13.4. The minimum absolute atomic E-state index is 0.113. The van der Waals surface area contributed by atoms with Crippen molar-refractivity contribution in [3.63, 3.8) is 0 Å². The number of amides is 1. The normalized spacial score (nSPS) is 20.5. The van der Waals surface area contributed by atoms with Gasteiger partial charge in [-0.15, -0.1) is 0 Å². The largest absolute Gasteiger partial charge is 0.418 e. The predicted octanol–water partition coefficient (Wildman–Crippen LogP) is 5.44. The number of para-hydroxylation sites is 1. The zero-order valence-electron chi connectivity index (χ0n) is 22.3. The predicted molar refractivity (Wildman–Crippen MR) is 146 cm³/mol. The van der Waals surface area contributed by atoms with E-state index in [1.807, 2.05) is 26.1 Å². The number of nitrogens with zero attached hydrogens (tertiary/aromatic N) is 2. The van der Waals surface area contributed by atoms with E-state index < -0.39 is 34.8 Å². The van der Waals surface area contributed by atoms with E-state index in [1.165, 1.54) is 12.1 Å². The first kappa shape index (κ1) is 29.0. The summed E-state index contributed by atoms with van der Waals surface area (Å²) < 4.78 is 63.2. The van der Waals surface area contributed by atoms with Gasteiger partial charge in [-0.2, -0.15) is 13.2 Å². The van der Waals surface area contributed by atoms with Gasteiger partial charge in [-0.1, -0.05) is 35.9 Å². The summed E-state index contributed by atoms with van der Waals surface area (Å²) in [5.74, 6) is -0.324. The van der Waals surface area contributed by atoms with Crippen LogP contribution in [0.25, 0.3) is 15.9 Å². The zero-order valence-corrected chi connectivity index (χ0v) is 23.1. The topological polar surface area (TPSA) is 98.3 Å². The number of rotatable bonds is 7. The number of nitrogens with one attached hydrogen (secondary N) is 2. The van der Waals surface area contributed by atoms with Crippen LogP contribution in [-0.2, 0) is 28.5 Å². The van der Waals surface area contributed by atoms with E-state index in [2.05, 4.69) is 34.0 Å². The monoisotopic (exact) mass is 562 g/mol. The first-order valence-electron chi connectivity index (χ1n) is 12.8. The fourth-order valence-corrected chi connectivity index (χ4v) is 5.89. The van der Waals surface area contributed by atoms with Crippen molar-refractivity contribution in [1.82, 2.24) is 20.2 Å². The number of H-pyrrole nitrogens is 1. The lowest BCUT2D eigenvalue weighted by Gasteiger charge is -2.39. The minimum Gasteiger partial charge on any atom is -0.349 e. The molecule has 1 fully saturated rings. The number of halogens is 3. The number of hydrogen-bond donors (Lipinski definition) is 3. The van der Waals surface area contributed by atoms with E-state index >= 15 is 0 Å². The van der Waals surface area contributed by atoms with Crippen LogP contribution in [-0.4, -0.2) is 54.7 Å². The van der Waals surface area contributed by atoms with Gasteiger partial charge in [0.2, 0.25) is 5.91 Å². The Morgan fingerprint density at radius 1 is 1.21 bits per heavy atom. The molecule has 1 aliphatic rings. The molecule has 0 saturated heterocycles. The van der Waals surface area contributed by atoms with Crippen molar-refractivity contribution < 1.29 is 26.7 Å². The molecule has 3 unspecified atom stereocenters. The molecule has 3 aromatic rings. The van der Waals surface area contributed by atoms with Crippen molar-refractivity contribution in [3.05, 3.63) is 70.6 Å². The molecule has 1 saturated carbocycles. The van der Waals surface area contributed by atoms with Crippen molar-refractivity contribution in [1.29, 1.82) is 0 Å². The number of hydrogen-bond acceptors (Lipinski definition) is 4. The Hall–Kier alpha value is -3.02. The number of fused-ring (bicyclic) bond motifs is 1. The quantitative estimate of drug-likeness (QED) is 0.333. The van der Waals surface area contributed by atoms with Crippen molar-refractivity contribution in [3.8, 4) is 0 Å². The highest BCUT2D eigenvalue weighted by atomic mass is 32.2. The molecule has 0 aliphatic heterocycles. The Morgan fingerprint density at radius 3 is 2.51 bits per heavy atom. The Balaban J connectivity index is 1.64. The number of imidazole rings is 1.